The number of carbonyl (C=O) groups is 1. The van der Waals surface area contributed by atoms with Gasteiger partial charge in [0.1, 0.15) is 0 Å². The van der Waals surface area contributed by atoms with Gasteiger partial charge in [-0.15, -0.1) is 0 Å². The van der Waals surface area contributed by atoms with E-state index in [-0.39, 0.29) is 29.4 Å². The average Bonchev–Trinajstić information content (AvgIpc) is 2.37. The topological polar surface area (TPSA) is 112 Å². The van der Waals surface area contributed by atoms with Crippen molar-refractivity contribution in [1.82, 2.24) is 9.88 Å². The number of aromatic nitrogens is 1. The zero-order chi connectivity index (χ0) is 13.5. The summed E-state index contributed by atoms with van der Waals surface area (Å²) in [5.41, 5.74) is 5.32. The molecule has 0 fully saturated rings. The van der Waals surface area contributed by atoms with Crippen LogP contribution in [-0.4, -0.2) is 39.9 Å². The molecule has 0 saturated heterocycles. The van der Waals surface area contributed by atoms with E-state index in [0.717, 1.165) is 6.42 Å². The molecule has 0 radical (unpaired) electrons. The molecule has 7 nitrogen and oxygen atoms in total. The van der Waals surface area contributed by atoms with Crippen LogP contribution in [0.5, 0.6) is 0 Å². The molecule has 0 aliphatic carbocycles. The number of pyridine rings is 1. The molecule has 0 aliphatic heterocycles. The van der Waals surface area contributed by atoms with Crippen molar-refractivity contribution in [2.75, 3.05) is 13.1 Å². The lowest BCUT2D eigenvalue weighted by atomic mass is 10.2. The van der Waals surface area contributed by atoms with Gasteiger partial charge in [-0.2, -0.15) is 0 Å². The third-order valence-corrected chi connectivity index (χ3v) is 2.28. The van der Waals surface area contributed by atoms with E-state index in [4.69, 9.17) is 10.9 Å². The summed E-state index contributed by atoms with van der Waals surface area (Å²) in [5, 5.41) is 11.4. The minimum atomic E-state index is -0.346. The summed E-state index contributed by atoms with van der Waals surface area (Å²) >= 11 is 0. The molecule has 1 amide bonds. The minimum Gasteiger partial charge on any atom is -0.409 e. The predicted octanol–water partition coefficient (Wildman–Crippen LogP) is -0.0265. The molecule has 0 spiro atoms. The van der Waals surface area contributed by atoms with Crippen LogP contribution in [0.1, 0.15) is 23.7 Å². The number of hydrogen-bond donors (Lipinski definition) is 3. The van der Waals surface area contributed by atoms with Crippen LogP contribution in [-0.2, 0) is 0 Å². The first-order chi connectivity index (χ1) is 8.58. The molecule has 1 aromatic rings. The molecule has 0 bridgehead atoms. The number of oxime groups is 1. The van der Waals surface area contributed by atoms with Crippen LogP contribution >= 0.6 is 0 Å². The molecule has 1 aromatic heterocycles. The second-order valence-electron chi connectivity index (χ2n) is 3.76. The number of nitrogens with one attached hydrogen (secondary N) is 1. The summed E-state index contributed by atoms with van der Waals surface area (Å²) in [6, 6.07) is 2.73. The van der Waals surface area contributed by atoms with Crippen molar-refractivity contribution in [1.29, 1.82) is 0 Å². The predicted molar refractivity (Wildman–Crippen MR) is 66.7 cm³/mol. The van der Waals surface area contributed by atoms with Crippen LogP contribution in [0.3, 0.4) is 0 Å². The Morgan fingerprint density at radius 3 is 2.89 bits per heavy atom. The second-order valence-corrected chi connectivity index (χ2v) is 3.76. The molecule has 98 valence electrons. The van der Waals surface area contributed by atoms with E-state index in [9.17, 15) is 9.59 Å². The van der Waals surface area contributed by atoms with Gasteiger partial charge in [-0.05, 0) is 12.5 Å². The van der Waals surface area contributed by atoms with Gasteiger partial charge < -0.3 is 20.8 Å². The summed E-state index contributed by atoms with van der Waals surface area (Å²) in [6.45, 7) is 2.39. The molecule has 1 rings (SSSR count). The van der Waals surface area contributed by atoms with Gasteiger partial charge in [-0.3, -0.25) is 9.59 Å². The zero-order valence-electron chi connectivity index (χ0n) is 10.1. The van der Waals surface area contributed by atoms with Crippen molar-refractivity contribution in [3.63, 3.8) is 0 Å². The van der Waals surface area contributed by atoms with Crippen molar-refractivity contribution < 1.29 is 10.0 Å². The Balaban J connectivity index is 2.92. The van der Waals surface area contributed by atoms with Crippen LogP contribution in [0.15, 0.2) is 28.3 Å². The SMILES string of the molecule is CCCN(C/C(N)=N/O)C(=O)c1cc[nH]c(=O)c1. The maximum absolute atomic E-state index is 12.1. The highest BCUT2D eigenvalue weighted by Crippen LogP contribution is 2.02. The minimum absolute atomic E-state index is 0.0238. The van der Waals surface area contributed by atoms with Crippen molar-refractivity contribution >= 4 is 11.7 Å². The number of hydrogen-bond acceptors (Lipinski definition) is 4. The molecule has 7 heteroatoms. The molecule has 0 unspecified atom stereocenters. The van der Waals surface area contributed by atoms with E-state index < -0.39 is 0 Å². The fraction of sp³-hybridized carbons (Fsp3) is 0.364. The van der Waals surface area contributed by atoms with Gasteiger partial charge in [0, 0.05) is 24.4 Å². The van der Waals surface area contributed by atoms with Gasteiger partial charge in [0.25, 0.3) is 5.91 Å². The van der Waals surface area contributed by atoms with Gasteiger partial charge in [0.2, 0.25) is 5.56 Å². The fourth-order valence-electron chi connectivity index (χ4n) is 1.51. The van der Waals surface area contributed by atoms with Crippen LogP contribution in [0.4, 0.5) is 0 Å². The number of nitrogens with two attached hydrogens (primary N) is 1. The van der Waals surface area contributed by atoms with E-state index in [1.165, 1.54) is 23.2 Å². The molecule has 0 aliphatic rings. The maximum atomic E-state index is 12.1. The molecular formula is C11H16N4O3. The number of amides is 1. The molecule has 4 N–H and O–H groups in total. The highest BCUT2D eigenvalue weighted by atomic mass is 16.4. The van der Waals surface area contributed by atoms with Crippen LogP contribution < -0.4 is 11.3 Å². The Kier molecular flexibility index (Phi) is 4.91. The first kappa shape index (κ1) is 13.8. The van der Waals surface area contributed by atoms with Crippen molar-refractivity contribution in [2.24, 2.45) is 10.9 Å². The van der Waals surface area contributed by atoms with Gasteiger partial charge in [0.05, 0.1) is 6.54 Å². The lowest BCUT2D eigenvalue weighted by molar-refractivity contribution is 0.0778. The van der Waals surface area contributed by atoms with Crippen molar-refractivity contribution in [3.8, 4) is 0 Å². The largest absolute Gasteiger partial charge is 0.409 e. The molecule has 0 aromatic carbocycles. The standard InChI is InChI=1S/C11H16N4O3/c1-2-5-15(7-9(12)14-18)11(17)8-3-4-13-10(16)6-8/h3-4,6,18H,2,5,7H2,1H3,(H2,12,14)(H,13,16). The van der Waals surface area contributed by atoms with E-state index >= 15 is 0 Å². The normalized spacial score (nSPS) is 11.3. The Morgan fingerprint density at radius 2 is 2.33 bits per heavy atom. The summed E-state index contributed by atoms with van der Waals surface area (Å²) in [7, 11) is 0. The Hall–Kier alpha value is -2.31. The summed E-state index contributed by atoms with van der Waals surface area (Å²) in [6.07, 6.45) is 2.14. The average molecular weight is 252 g/mol. The quantitative estimate of drug-likeness (QED) is 0.296. The summed E-state index contributed by atoms with van der Waals surface area (Å²) in [5.74, 6) is -0.379. The summed E-state index contributed by atoms with van der Waals surface area (Å²) < 4.78 is 0. The van der Waals surface area contributed by atoms with Gasteiger partial charge in [-0.1, -0.05) is 12.1 Å². The smallest absolute Gasteiger partial charge is 0.254 e. The zero-order valence-corrected chi connectivity index (χ0v) is 10.1. The second kappa shape index (κ2) is 6.43. The molecule has 18 heavy (non-hydrogen) atoms. The molecule has 0 atom stereocenters. The highest BCUT2D eigenvalue weighted by Gasteiger charge is 2.16. The van der Waals surface area contributed by atoms with E-state index in [1.54, 1.807) is 0 Å². The highest BCUT2D eigenvalue weighted by molar-refractivity contribution is 5.96. The van der Waals surface area contributed by atoms with Crippen molar-refractivity contribution in [3.05, 3.63) is 34.2 Å². The lowest BCUT2D eigenvalue weighted by Gasteiger charge is -2.21. The van der Waals surface area contributed by atoms with Gasteiger partial charge in [0.15, 0.2) is 5.84 Å². The Bertz CT molecular complexity index is 495. The monoisotopic (exact) mass is 252 g/mol. The fourth-order valence-corrected chi connectivity index (χ4v) is 1.51. The lowest BCUT2D eigenvalue weighted by Crippen LogP contribution is -2.39. The molecular weight excluding hydrogens is 236 g/mol. The third kappa shape index (κ3) is 3.62. The van der Waals surface area contributed by atoms with Crippen LogP contribution in [0.2, 0.25) is 0 Å². The number of H-pyrrole nitrogens is 1. The summed E-state index contributed by atoms with van der Waals surface area (Å²) in [4.78, 5) is 27.1. The number of carbonyl (C=O) groups excluding carboxylic acids is 1. The van der Waals surface area contributed by atoms with Crippen molar-refractivity contribution in [2.45, 2.75) is 13.3 Å². The maximum Gasteiger partial charge on any atom is 0.254 e. The number of aromatic amines is 1. The van der Waals surface area contributed by atoms with Crippen LogP contribution in [0, 0.1) is 0 Å². The van der Waals surface area contributed by atoms with Gasteiger partial charge in [-0.25, -0.2) is 0 Å². The Labute approximate surface area is 104 Å². The molecule has 0 saturated carbocycles. The first-order valence-corrected chi connectivity index (χ1v) is 5.53. The third-order valence-electron chi connectivity index (χ3n) is 2.28. The van der Waals surface area contributed by atoms with Crippen LogP contribution in [0.25, 0.3) is 0 Å². The first-order valence-electron chi connectivity index (χ1n) is 5.53. The number of amidine groups is 1. The van der Waals surface area contributed by atoms with E-state index in [2.05, 4.69) is 10.1 Å². The Morgan fingerprint density at radius 1 is 1.61 bits per heavy atom. The van der Waals surface area contributed by atoms with E-state index in [0.29, 0.717) is 6.54 Å². The number of nitrogens with zero attached hydrogens (tertiary/aromatic N) is 2. The number of rotatable bonds is 5. The van der Waals surface area contributed by atoms with Gasteiger partial charge >= 0.3 is 0 Å². The van der Waals surface area contributed by atoms with E-state index in [1.807, 2.05) is 6.92 Å². The molecule has 1 heterocycles.